The number of hydrogen-bond donors (Lipinski definition) is 2. The fraction of sp³-hybridized carbons (Fsp3) is 0.154. The number of rotatable bonds is 9. The number of methoxy groups -OCH3 is 2. The van der Waals surface area contributed by atoms with E-state index < -0.39 is 0 Å². The number of aryl methyl sites for hydroxylation is 1. The number of phenolic OH excluding ortho intramolecular Hbond substituents is 1. The van der Waals surface area contributed by atoms with Crippen molar-refractivity contribution in [1.82, 2.24) is 20.2 Å². The third kappa shape index (κ3) is 5.66. The van der Waals surface area contributed by atoms with Crippen LogP contribution < -0.4 is 14.9 Å². The van der Waals surface area contributed by atoms with Gasteiger partial charge in [-0.15, -0.1) is 10.2 Å². The van der Waals surface area contributed by atoms with Crippen molar-refractivity contribution in [2.24, 2.45) is 5.10 Å². The van der Waals surface area contributed by atoms with Gasteiger partial charge in [-0.1, -0.05) is 59.8 Å². The average molecular weight is 504 g/mol. The van der Waals surface area contributed by atoms with Crippen LogP contribution in [-0.4, -0.2) is 52.0 Å². The van der Waals surface area contributed by atoms with Gasteiger partial charge < -0.3 is 14.6 Å². The summed E-state index contributed by atoms with van der Waals surface area (Å²) in [5, 5.41) is 23.3. The number of benzene rings is 3. The molecule has 0 spiro atoms. The van der Waals surface area contributed by atoms with Gasteiger partial charge in [-0.25, -0.2) is 5.43 Å². The molecular weight excluding hydrogens is 478 g/mol. The highest BCUT2D eigenvalue weighted by Gasteiger charge is 2.17. The van der Waals surface area contributed by atoms with E-state index in [-0.39, 0.29) is 28.9 Å². The predicted octanol–water partition coefficient (Wildman–Crippen LogP) is 4.21. The summed E-state index contributed by atoms with van der Waals surface area (Å²) in [4.78, 5) is 12.5. The van der Waals surface area contributed by atoms with Crippen LogP contribution in [0.25, 0.3) is 17.1 Å². The Morgan fingerprint density at radius 3 is 2.36 bits per heavy atom. The Labute approximate surface area is 212 Å². The molecule has 0 fully saturated rings. The zero-order chi connectivity index (χ0) is 25.5. The summed E-state index contributed by atoms with van der Waals surface area (Å²) < 4.78 is 12.2. The fourth-order valence-corrected chi connectivity index (χ4v) is 4.14. The quantitative estimate of drug-likeness (QED) is 0.200. The van der Waals surface area contributed by atoms with Crippen molar-refractivity contribution in [2.75, 3.05) is 20.0 Å². The Morgan fingerprint density at radius 1 is 1.06 bits per heavy atom. The van der Waals surface area contributed by atoms with Crippen molar-refractivity contribution in [3.63, 3.8) is 0 Å². The van der Waals surface area contributed by atoms with Gasteiger partial charge in [-0.2, -0.15) is 5.10 Å². The molecular formula is C26H25N5O4S. The number of nitrogens with zero attached hydrogens (tertiary/aromatic N) is 4. The van der Waals surface area contributed by atoms with Gasteiger partial charge in [-0.3, -0.25) is 9.36 Å². The van der Waals surface area contributed by atoms with Gasteiger partial charge in [0, 0.05) is 16.8 Å². The Morgan fingerprint density at radius 2 is 1.72 bits per heavy atom. The Kier molecular flexibility index (Phi) is 7.86. The highest BCUT2D eigenvalue weighted by molar-refractivity contribution is 7.99. The number of hydrogen-bond acceptors (Lipinski definition) is 8. The molecule has 0 aliphatic carbocycles. The van der Waals surface area contributed by atoms with Crippen molar-refractivity contribution in [2.45, 2.75) is 12.1 Å². The van der Waals surface area contributed by atoms with Gasteiger partial charge in [0.15, 0.2) is 22.5 Å². The topological polar surface area (TPSA) is 111 Å². The lowest BCUT2D eigenvalue weighted by Gasteiger charge is -2.10. The molecule has 4 rings (SSSR count). The van der Waals surface area contributed by atoms with E-state index in [4.69, 9.17) is 9.47 Å². The lowest BCUT2D eigenvalue weighted by Crippen LogP contribution is -2.20. The molecule has 2 N–H and O–H groups in total. The number of aromatic hydroxyl groups is 1. The van der Waals surface area contributed by atoms with Crippen molar-refractivity contribution in [3.8, 4) is 34.3 Å². The Balaban J connectivity index is 1.48. The molecule has 1 aromatic heterocycles. The molecule has 9 nitrogen and oxygen atoms in total. The summed E-state index contributed by atoms with van der Waals surface area (Å²) >= 11 is 1.26. The normalized spacial score (nSPS) is 11.0. The molecule has 36 heavy (non-hydrogen) atoms. The minimum absolute atomic E-state index is 0.0818. The molecule has 1 heterocycles. The molecule has 0 saturated carbocycles. The summed E-state index contributed by atoms with van der Waals surface area (Å²) in [5.41, 5.74) is 6.07. The van der Waals surface area contributed by atoms with Gasteiger partial charge in [0.05, 0.1) is 26.2 Å². The first kappa shape index (κ1) is 24.8. The summed E-state index contributed by atoms with van der Waals surface area (Å²) in [5.74, 6) is 0.832. The predicted molar refractivity (Wildman–Crippen MR) is 139 cm³/mol. The van der Waals surface area contributed by atoms with Crippen LogP contribution in [0.1, 0.15) is 11.1 Å². The number of amides is 1. The van der Waals surface area contributed by atoms with E-state index in [2.05, 4.69) is 20.7 Å². The van der Waals surface area contributed by atoms with E-state index in [9.17, 15) is 9.90 Å². The monoisotopic (exact) mass is 503 g/mol. The number of phenols is 1. The van der Waals surface area contributed by atoms with E-state index in [1.807, 2.05) is 66.1 Å². The van der Waals surface area contributed by atoms with Crippen LogP contribution in [0.15, 0.2) is 77.0 Å². The minimum atomic E-state index is -0.312. The first-order valence-electron chi connectivity index (χ1n) is 11.0. The second kappa shape index (κ2) is 11.4. The van der Waals surface area contributed by atoms with Crippen molar-refractivity contribution in [3.05, 3.63) is 77.9 Å². The van der Waals surface area contributed by atoms with Crippen LogP contribution in [0.5, 0.6) is 17.2 Å². The average Bonchev–Trinajstić information content (AvgIpc) is 3.33. The third-order valence-corrected chi connectivity index (χ3v) is 6.12. The number of hydrazone groups is 1. The lowest BCUT2D eigenvalue weighted by molar-refractivity contribution is -0.118. The molecule has 0 radical (unpaired) electrons. The third-order valence-electron chi connectivity index (χ3n) is 5.19. The van der Waals surface area contributed by atoms with Crippen LogP contribution in [-0.2, 0) is 4.79 Å². The summed E-state index contributed by atoms with van der Waals surface area (Å²) in [6.07, 6.45) is 1.44. The molecule has 0 aliphatic rings. The van der Waals surface area contributed by atoms with E-state index in [0.717, 1.165) is 16.8 Å². The zero-order valence-electron chi connectivity index (χ0n) is 20.0. The number of nitrogens with one attached hydrogen (secondary N) is 1. The number of carbonyl (C=O) groups excluding carboxylic acids is 1. The second-order valence-corrected chi connectivity index (χ2v) is 8.64. The minimum Gasteiger partial charge on any atom is -0.502 e. The zero-order valence-corrected chi connectivity index (χ0v) is 20.8. The fourth-order valence-electron chi connectivity index (χ4n) is 3.39. The number of carbonyl (C=O) groups is 1. The number of aromatic nitrogens is 3. The van der Waals surface area contributed by atoms with E-state index >= 15 is 0 Å². The van der Waals surface area contributed by atoms with E-state index in [0.29, 0.717) is 16.5 Å². The van der Waals surface area contributed by atoms with Crippen LogP contribution in [0.4, 0.5) is 0 Å². The Bertz CT molecular complexity index is 1350. The van der Waals surface area contributed by atoms with Gasteiger partial charge >= 0.3 is 0 Å². The molecule has 0 unspecified atom stereocenters. The maximum absolute atomic E-state index is 12.5. The van der Waals surface area contributed by atoms with Crippen LogP contribution >= 0.6 is 11.8 Å². The van der Waals surface area contributed by atoms with Gasteiger partial charge in [0.25, 0.3) is 5.91 Å². The molecule has 0 atom stereocenters. The van der Waals surface area contributed by atoms with Gasteiger partial charge in [0.2, 0.25) is 5.75 Å². The molecule has 0 bridgehead atoms. The Hall–Kier alpha value is -4.31. The van der Waals surface area contributed by atoms with Crippen molar-refractivity contribution < 1.29 is 19.4 Å². The maximum atomic E-state index is 12.5. The number of thioether (sulfide) groups is 1. The highest BCUT2D eigenvalue weighted by Crippen LogP contribution is 2.36. The first-order chi connectivity index (χ1) is 17.5. The summed E-state index contributed by atoms with van der Waals surface area (Å²) in [6.45, 7) is 2.03. The van der Waals surface area contributed by atoms with Crippen LogP contribution in [0.3, 0.4) is 0 Å². The van der Waals surface area contributed by atoms with Crippen molar-refractivity contribution in [1.29, 1.82) is 0 Å². The number of ether oxygens (including phenoxy) is 2. The summed E-state index contributed by atoms with van der Waals surface area (Å²) in [6, 6.07) is 21.0. The molecule has 0 aliphatic heterocycles. The second-order valence-electron chi connectivity index (χ2n) is 7.70. The van der Waals surface area contributed by atoms with E-state index in [1.165, 1.54) is 32.2 Å². The lowest BCUT2D eigenvalue weighted by atomic mass is 10.1. The largest absolute Gasteiger partial charge is 0.502 e. The first-order valence-corrected chi connectivity index (χ1v) is 12.0. The molecule has 4 aromatic rings. The standard InChI is InChI=1S/C26H25N5O4S/c1-17-9-11-19(12-10-17)25-29-30-26(31(25)20-7-5-4-6-8-20)36-16-23(32)28-27-15-18-13-21(34-2)24(33)22(14-18)35-3/h4-15,33H,16H2,1-3H3,(H,28,32)/b27-15+. The maximum Gasteiger partial charge on any atom is 0.250 e. The molecule has 10 heteroatoms. The van der Waals surface area contributed by atoms with Crippen LogP contribution in [0.2, 0.25) is 0 Å². The molecule has 3 aromatic carbocycles. The molecule has 1 amide bonds. The van der Waals surface area contributed by atoms with Crippen LogP contribution in [0, 0.1) is 6.92 Å². The van der Waals surface area contributed by atoms with Gasteiger partial charge in [-0.05, 0) is 31.2 Å². The van der Waals surface area contributed by atoms with E-state index in [1.54, 1.807) is 12.1 Å². The smallest absolute Gasteiger partial charge is 0.250 e. The summed E-state index contributed by atoms with van der Waals surface area (Å²) in [7, 11) is 2.87. The number of para-hydroxylation sites is 1. The van der Waals surface area contributed by atoms with Crippen molar-refractivity contribution >= 4 is 23.9 Å². The SMILES string of the molecule is COc1cc(/C=N/NC(=O)CSc2nnc(-c3ccc(C)cc3)n2-c2ccccc2)cc(OC)c1O. The van der Waals surface area contributed by atoms with Gasteiger partial charge in [0.1, 0.15) is 0 Å². The molecule has 0 saturated heterocycles. The highest BCUT2D eigenvalue weighted by atomic mass is 32.2. The molecule has 184 valence electrons.